The zero-order valence-corrected chi connectivity index (χ0v) is 4.22. The molecule has 1 unspecified atom stereocenters. The zero-order valence-electron chi connectivity index (χ0n) is 3.33. The number of hydrogen-bond acceptors (Lipinski definition) is 3. The van der Waals surface area contributed by atoms with Crippen molar-refractivity contribution in [2.45, 2.75) is 0 Å². The van der Waals surface area contributed by atoms with E-state index < -0.39 is 14.3 Å². The minimum absolute atomic E-state index is 1.12. The van der Waals surface area contributed by atoms with E-state index in [4.69, 9.17) is 0 Å². The number of primary amides is 1. The highest BCUT2D eigenvalue weighted by Crippen LogP contribution is 2.06. The van der Waals surface area contributed by atoms with E-state index in [0.717, 1.165) is 0 Å². The molecule has 0 saturated carbocycles. The Balaban J connectivity index is 3.32. The molecule has 40 valence electrons. The second-order valence-electron chi connectivity index (χ2n) is 0.696. The number of rotatable bonds is 1. The van der Waals surface area contributed by atoms with Crippen molar-refractivity contribution >= 4 is 14.3 Å². The average Bonchev–Trinajstić information content (AvgIpc) is 1.27. The van der Waals surface area contributed by atoms with E-state index in [9.17, 15) is 9.36 Å². The Morgan fingerprint density at radius 2 is 2.14 bits per heavy atom. The maximum atomic E-state index is 9.66. The van der Waals surface area contributed by atoms with E-state index >= 15 is 0 Å². The summed E-state index contributed by atoms with van der Waals surface area (Å²) in [5.74, 6) is 0. The number of nitrogens with two attached hydrogens (primary N) is 2. The molecule has 0 heterocycles. The quantitative estimate of drug-likeness (QED) is 0.467. The van der Waals surface area contributed by atoms with Crippen molar-refractivity contribution in [2.24, 2.45) is 11.2 Å². The van der Waals surface area contributed by atoms with Crippen molar-refractivity contribution in [3.8, 4) is 0 Å². The van der Waals surface area contributed by atoms with Crippen molar-refractivity contribution in [2.75, 3.05) is 0 Å². The standard InChI is InChI=1S/CH3N2O3P/c2-1(4)6-7(3)5/h(H3-,2,3,4,5)/p+1. The topological polar surface area (TPSA) is 95.4 Å². The molecule has 5 nitrogen and oxygen atoms in total. The van der Waals surface area contributed by atoms with Crippen molar-refractivity contribution < 1.29 is 13.9 Å². The molecule has 0 aliphatic rings. The molecule has 1 amide bonds. The van der Waals surface area contributed by atoms with Gasteiger partial charge in [0.1, 0.15) is 0 Å². The first-order chi connectivity index (χ1) is 3.13. The van der Waals surface area contributed by atoms with Crippen molar-refractivity contribution in [3.63, 3.8) is 0 Å². The van der Waals surface area contributed by atoms with Crippen LogP contribution < -0.4 is 11.2 Å². The van der Waals surface area contributed by atoms with Crippen LogP contribution >= 0.6 is 8.18 Å². The Morgan fingerprint density at radius 3 is 2.14 bits per heavy atom. The van der Waals surface area contributed by atoms with Gasteiger partial charge in [-0.1, -0.05) is 5.50 Å². The molecule has 1 atom stereocenters. The molecule has 0 aliphatic heterocycles. The van der Waals surface area contributed by atoms with Gasteiger partial charge < -0.3 is 5.73 Å². The fourth-order valence-electron chi connectivity index (χ4n) is 0.0887. The molecule has 4 N–H and O–H groups in total. The van der Waals surface area contributed by atoms with Gasteiger partial charge >= 0.3 is 14.3 Å². The summed E-state index contributed by atoms with van der Waals surface area (Å²) in [7, 11) is -2.36. The minimum Gasteiger partial charge on any atom is -0.331 e. The van der Waals surface area contributed by atoms with E-state index in [0.29, 0.717) is 0 Å². The van der Waals surface area contributed by atoms with Crippen LogP contribution in [0.3, 0.4) is 0 Å². The molecule has 0 rings (SSSR count). The second kappa shape index (κ2) is 2.49. The lowest BCUT2D eigenvalue weighted by Gasteiger charge is -1.72. The highest BCUT2D eigenvalue weighted by Gasteiger charge is 2.12. The number of carbonyl (C=O) groups is 1. The fraction of sp³-hybridized carbons (Fsp3) is 0. The van der Waals surface area contributed by atoms with Gasteiger partial charge in [0, 0.05) is 4.57 Å². The largest absolute Gasteiger partial charge is 0.665 e. The van der Waals surface area contributed by atoms with Crippen LogP contribution in [0.1, 0.15) is 0 Å². The van der Waals surface area contributed by atoms with Crippen LogP contribution in [0, 0.1) is 0 Å². The molecule has 0 fully saturated rings. The van der Waals surface area contributed by atoms with Crippen molar-refractivity contribution in [3.05, 3.63) is 0 Å². The lowest BCUT2D eigenvalue weighted by Crippen LogP contribution is -2.09. The molecule has 7 heavy (non-hydrogen) atoms. The van der Waals surface area contributed by atoms with Crippen LogP contribution in [0.25, 0.3) is 0 Å². The minimum atomic E-state index is -2.36. The van der Waals surface area contributed by atoms with Gasteiger partial charge in [-0.15, -0.1) is 0 Å². The Bertz CT molecular complexity index is 89.1. The summed E-state index contributed by atoms with van der Waals surface area (Å²) in [5.41, 5.74) is 8.85. The predicted octanol–water partition coefficient (Wildman–Crippen LogP) is -0.302. The third-order valence-electron chi connectivity index (χ3n) is 0.180. The maximum Gasteiger partial charge on any atom is 0.665 e. The van der Waals surface area contributed by atoms with Crippen LogP contribution in [0.2, 0.25) is 0 Å². The molecule has 0 aromatic heterocycles. The second-order valence-corrected chi connectivity index (χ2v) is 1.45. The summed E-state index contributed by atoms with van der Waals surface area (Å²) < 4.78 is 13.3. The van der Waals surface area contributed by atoms with E-state index in [-0.39, 0.29) is 0 Å². The van der Waals surface area contributed by atoms with E-state index in [1.165, 1.54) is 0 Å². The molecule has 0 aliphatic carbocycles. The average molecular weight is 123 g/mol. The highest BCUT2D eigenvalue weighted by molar-refractivity contribution is 7.36. The first-order valence-corrected chi connectivity index (χ1v) is 2.57. The van der Waals surface area contributed by atoms with Gasteiger partial charge in [-0.2, -0.15) is 4.52 Å². The summed E-state index contributed by atoms with van der Waals surface area (Å²) in [6, 6.07) is 0. The molecule has 0 bridgehead atoms. The van der Waals surface area contributed by atoms with E-state index in [1.54, 1.807) is 0 Å². The van der Waals surface area contributed by atoms with E-state index in [2.05, 4.69) is 15.8 Å². The van der Waals surface area contributed by atoms with Gasteiger partial charge in [-0.25, -0.2) is 4.79 Å². The zero-order chi connectivity index (χ0) is 5.86. The monoisotopic (exact) mass is 123 g/mol. The maximum absolute atomic E-state index is 9.66. The Labute approximate surface area is 40.5 Å². The summed E-state index contributed by atoms with van der Waals surface area (Å²) in [5, 5.41) is 0. The third kappa shape index (κ3) is 5.33. The molecular weight excluding hydrogens is 119 g/mol. The molecular formula is CH4N2O3P+. The lowest BCUT2D eigenvalue weighted by atomic mass is 11.3. The predicted molar refractivity (Wildman–Crippen MR) is 22.5 cm³/mol. The normalized spacial score (nSPS) is 10.1. The van der Waals surface area contributed by atoms with Crippen LogP contribution in [0.4, 0.5) is 4.79 Å². The fourth-order valence-corrected chi connectivity index (χ4v) is 0.266. The first-order valence-electron chi connectivity index (χ1n) is 1.32. The molecule has 0 aromatic rings. The van der Waals surface area contributed by atoms with Gasteiger partial charge in [-0.05, 0) is 0 Å². The van der Waals surface area contributed by atoms with E-state index in [1.807, 2.05) is 0 Å². The summed E-state index contributed by atoms with van der Waals surface area (Å²) >= 11 is 0. The van der Waals surface area contributed by atoms with Crippen molar-refractivity contribution in [1.82, 2.24) is 0 Å². The Hall–Kier alpha value is -0.670. The molecule has 0 radical (unpaired) electrons. The number of hydrogen-bond donors (Lipinski definition) is 2. The number of amides is 1. The SMILES string of the molecule is NC(=O)O[P+](N)=O. The highest BCUT2D eigenvalue weighted by atomic mass is 31.1. The molecule has 0 saturated heterocycles. The van der Waals surface area contributed by atoms with Gasteiger partial charge in [0.15, 0.2) is 0 Å². The Morgan fingerprint density at radius 1 is 1.71 bits per heavy atom. The molecule has 6 heteroatoms. The summed E-state index contributed by atoms with van der Waals surface area (Å²) in [6.45, 7) is 0. The summed E-state index contributed by atoms with van der Waals surface area (Å²) in [4.78, 5) is 9.55. The molecule has 0 spiro atoms. The smallest absolute Gasteiger partial charge is 0.331 e. The van der Waals surface area contributed by atoms with Crippen molar-refractivity contribution in [1.29, 1.82) is 0 Å². The lowest BCUT2D eigenvalue weighted by molar-refractivity contribution is 0.214. The Kier molecular flexibility index (Phi) is 2.26. The van der Waals surface area contributed by atoms with Crippen LogP contribution in [0.5, 0.6) is 0 Å². The summed E-state index contributed by atoms with van der Waals surface area (Å²) in [6.07, 6.45) is -1.12. The number of carbonyl (C=O) groups excluding carboxylic acids is 1. The van der Waals surface area contributed by atoms with Gasteiger partial charge in [0.05, 0.1) is 0 Å². The van der Waals surface area contributed by atoms with Crippen LogP contribution in [0.15, 0.2) is 0 Å². The van der Waals surface area contributed by atoms with Gasteiger partial charge in [0.25, 0.3) is 0 Å². The third-order valence-corrected chi connectivity index (χ3v) is 0.540. The van der Waals surface area contributed by atoms with Crippen LogP contribution in [-0.2, 0) is 9.09 Å². The van der Waals surface area contributed by atoms with Crippen LogP contribution in [-0.4, -0.2) is 6.09 Å². The first kappa shape index (κ1) is 6.33. The molecule has 0 aromatic carbocycles. The van der Waals surface area contributed by atoms with Gasteiger partial charge in [-0.3, -0.25) is 0 Å². The van der Waals surface area contributed by atoms with Gasteiger partial charge in [0.2, 0.25) is 0 Å².